The van der Waals surface area contributed by atoms with Gasteiger partial charge in [0.25, 0.3) is 5.91 Å². The van der Waals surface area contributed by atoms with Crippen LogP contribution in [0.1, 0.15) is 36.6 Å². The average molecular weight is 292 g/mol. The molecule has 0 bridgehead atoms. The third kappa shape index (κ3) is 4.67. The summed E-state index contributed by atoms with van der Waals surface area (Å²) in [5.74, 6) is 1.92. The zero-order valence-electron chi connectivity index (χ0n) is 13.1. The quantitative estimate of drug-likeness (QED) is 0.895. The number of hydrogen-bond donors (Lipinski definition) is 1. The third-order valence-electron chi connectivity index (χ3n) is 3.38. The molecule has 6 nitrogen and oxygen atoms in total. The molecule has 1 N–H and O–H groups in total. The smallest absolute Gasteiger partial charge is 0.272 e. The van der Waals surface area contributed by atoms with Crippen LogP contribution in [0.15, 0.2) is 6.07 Å². The van der Waals surface area contributed by atoms with Crippen LogP contribution in [-0.2, 0) is 4.74 Å². The van der Waals surface area contributed by atoms with E-state index in [0.29, 0.717) is 43.7 Å². The van der Waals surface area contributed by atoms with Gasteiger partial charge in [0.05, 0.1) is 13.2 Å². The SMILES string of the molecule is Cc1nc(NCCC(C)C)cc(C(=O)N2CCOCC2)n1. The molecule has 1 aliphatic rings. The first-order chi connectivity index (χ1) is 10.1. The van der Waals surface area contributed by atoms with E-state index >= 15 is 0 Å². The largest absolute Gasteiger partial charge is 0.378 e. The Labute approximate surface area is 125 Å². The van der Waals surface area contributed by atoms with Crippen LogP contribution >= 0.6 is 0 Å². The van der Waals surface area contributed by atoms with Crippen LogP contribution < -0.4 is 5.32 Å². The number of rotatable bonds is 5. The summed E-state index contributed by atoms with van der Waals surface area (Å²) in [6, 6.07) is 1.74. The van der Waals surface area contributed by atoms with Gasteiger partial charge in [-0.25, -0.2) is 9.97 Å². The summed E-state index contributed by atoms with van der Waals surface area (Å²) in [5.41, 5.74) is 0.455. The van der Waals surface area contributed by atoms with E-state index in [1.54, 1.807) is 11.0 Å². The number of ether oxygens (including phenoxy) is 1. The summed E-state index contributed by atoms with van der Waals surface area (Å²) in [4.78, 5) is 22.8. The Morgan fingerprint density at radius 2 is 2.10 bits per heavy atom. The Bertz CT molecular complexity index is 485. The van der Waals surface area contributed by atoms with Crippen LogP contribution in [0.25, 0.3) is 0 Å². The van der Waals surface area contributed by atoms with Crippen LogP contribution in [0, 0.1) is 12.8 Å². The van der Waals surface area contributed by atoms with Crippen molar-refractivity contribution in [3.05, 3.63) is 17.6 Å². The summed E-state index contributed by atoms with van der Waals surface area (Å²) in [6.45, 7) is 9.45. The fourth-order valence-corrected chi connectivity index (χ4v) is 2.19. The second kappa shape index (κ2) is 7.36. The highest BCUT2D eigenvalue weighted by Crippen LogP contribution is 2.11. The van der Waals surface area contributed by atoms with Gasteiger partial charge in [-0.3, -0.25) is 4.79 Å². The summed E-state index contributed by atoms with van der Waals surface area (Å²) in [7, 11) is 0. The molecule has 1 amide bonds. The number of nitrogens with zero attached hydrogens (tertiary/aromatic N) is 3. The molecule has 0 atom stereocenters. The van der Waals surface area contributed by atoms with Crippen molar-refractivity contribution in [1.82, 2.24) is 14.9 Å². The van der Waals surface area contributed by atoms with Crippen LogP contribution in [0.2, 0.25) is 0 Å². The van der Waals surface area contributed by atoms with Gasteiger partial charge in [0.1, 0.15) is 17.3 Å². The van der Waals surface area contributed by atoms with Crippen molar-refractivity contribution < 1.29 is 9.53 Å². The minimum atomic E-state index is -0.0456. The monoisotopic (exact) mass is 292 g/mol. The molecule has 1 aromatic rings. The number of amides is 1. The van der Waals surface area contributed by atoms with E-state index in [9.17, 15) is 4.79 Å². The maximum atomic E-state index is 12.4. The normalized spacial score (nSPS) is 15.3. The summed E-state index contributed by atoms with van der Waals surface area (Å²) in [6.07, 6.45) is 1.07. The van der Waals surface area contributed by atoms with Gasteiger partial charge in [0.2, 0.25) is 0 Å². The molecule has 0 aliphatic carbocycles. The average Bonchev–Trinajstić information content (AvgIpc) is 2.46. The predicted octanol–water partition coefficient (Wildman–Crippen LogP) is 1.72. The van der Waals surface area contributed by atoms with E-state index in [0.717, 1.165) is 18.8 Å². The number of aromatic nitrogens is 2. The van der Waals surface area contributed by atoms with Gasteiger partial charge in [-0.05, 0) is 19.3 Å². The summed E-state index contributed by atoms with van der Waals surface area (Å²) in [5, 5.41) is 3.27. The van der Waals surface area contributed by atoms with Crippen molar-refractivity contribution in [3.8, 4) is 0 Å². The molecule has 6 heteroatoms. The maximum Gasteiger partial charge on any atom is 0.272 e. The first-order valence-corrected chi connectivity index (χ1v) is 7.53. The molecule has 1 aromatic heterocycles. The lowest BCUT2D eigenvalue weighted by Crippen LogP contribution is -2.41. The first kappa shape index (κ1) is 15.7. The molecule has 0 radical (unpaired) electrons. The van der Waals surface area contributed by atoms with Gasteiger partial charge >= 0.3 is 0 Å². The van der Waals surface area contributed by atoms with Crippen molar-refractivity contribution in [2.24, 2.45) is 5.92 Å². The molecule has 21 heavy (non-hydrogen) atoms. The molecule has 1 saturated heterocycles. The Hall–Kier alpha value is -1.69. The number of carbonyl (C=O) groups excluding carboxylic acids is 1. The Kier molecular flexibility index (Phi) is 5.50. The molecule has 2 rings (SSSR count). The van der Waals surface area contributed by atoms with E-state index in [2.05, 4.69) is 29.1 Å². The topological polar surface area (TPSA) is 67.4 Å². The summed E-state index contributed by atoms with van der Waals surface area (Å²) >= 11 is 0. The van der Waals surface area contributed by atoms with E-state index in [1.165, 1.54) is 0 Å². The lowest BCUT2D eigenvalue weighted by molar-refractivity contribution is 0.0299. The van der Waals surface area contributed by atoms with E-state index in [1.807, 2.05) is 6.92 Å². The predicted molar refractivity (Wildman–Crippen MR) is 81.4 cm³/mol. The minimum Gasteiger partial charge on any atom is -0.378 e. The lowest BCUT2D eigenvalue weighted by Gasteiger charge is -2.26. The molecule has 2 heterocycles. The van der Waals surface area contributed by atoms with Crippen LogP contribution in [0.3, 0.4) is 0 Å². The van der Waals surface area contributed by atoms with Crippen molar-refractivity contribution in [2.45, 2.75) is 27.2 Å². The lowest BCUT2D eigenvalue weighted by atomic mass is 10.1. The van der Waals surface area contributed by atoms with Crippen molar-refractivity contribution in [2.75, 3.05) is 38.2 Å². The Morgan fingerprint density at radius 3 is 2.76 bits per heavy atom. The number of morpholine rings is 1. The molecular weight excluding hydrogens is 268 g/mol. The molecule has 0 unspecified atom stereocenters. The number of carbonyl (C=O) groups is 1. The fourth-order valence-electron chi connectivity index (χ4n) is 2.19. The highest BCUT2D eigenvalue weighted by Gasteiger charge is 2.20. The van der Waals surface area contributed by atoms with Crippen LogP contribution in [-0.4, -0.2) is 53.6 Å². The van der Waals surface area contributed by atoms with Gasteiger partial charge in [0.15, 0.2) is 0 Å². The van der Waals surface area contributed by atoms with Crippen molar-refractivity contribution in [3.63, 3.8) is 0 Å². The molecule has 1 aliphatic heterocycles. The first-order valence-electron chi connectivity index (χ1n) is 7.53. The third-order valence-corrected chi connectivity index (χ3v) is 3.38. The zero-order valence-corrected chi connectivity index (χ0v) is 13.1. The second-order valence-electron chi connectivity index (χ2n) is 5.70. The maximum absolute atomic E-state index is 12.4. The Morgan fingerprint density at radius 1 is 1.38 bits per heavy atom. The molecule has 0 aromatic carbocycles. The number of aryl methyl sites for hydroxylation is 1. The highest BCUT2D eigenvalue weighted by molar-refractivity contribution is 5.93. The van der Waals surface area contributed by atoms with Crippen molar-refractivity contribution >= 4 is 11.7 Å². The van der Waals surface area contributed by atoms with Gasteiger partial charge in [0, 0.05) is 25.7 Å². The highest BCUT2D eigenvalue weighted by atomic mass is 16.5. The zero-order chi connectivity index (χ0) is 15.2. The van der Waals surface area contributed by atoms with Crippen LogP contribution in [0.5, 0.6) is 0 Å². The standard InChI is InChI=1S/C15H24N4O2/c1-11(2)4-5-16-14-10-13(17-12(3)18-14)15(20)19-6-8-21-9-7-19/h10-11H,4-9H2,1-3H3,(H,16,17,18). The molecule has 0 spiro atoms. The number of hydrogen-bond acceptors (Lipinski definition) is 5. The Balaban J connectivity index is 2.05. The fraction of sp³-hybridized carbons (Fsp3) is 0.667. The minimum absolute atomic E-state index is 0.0456. The van der Waals surface area contributed by atoms with Gasteiger partial charge < -0.3 is 15.0 Å². The summed E-state index contributed by atoms with van der Waals surface area (Å²) < 4.78 is 5.27. The number of anilines is 1. The number of nitrogens with one attached hydrogen (secondary N) is 1. The van der Waals surface area contributed by atoms with Crippen molar-refractivity contribution in [1.29, 1.82) is 0 Å². The molecule has 1 fully saturated rings. The molecule has 0 saturated carbocycles. The van der Waals surface area contributed by atoms with E-state index in [-0.39, 0.29) is 5.91 Å². The van der Waals surface area contributed by atoms with Gasteiger partial charge in [-0.1, -0.05) is 13.8 Å². The van der Waals surface area contributed by atoms with Crippen LogP contribution in [0.4, 0.5) is 5.82 Å². The van der Waals surface area contributed by atoms with Gasteiger partial charge in [-0.2, -0.15) is 0 Å². The second-order valence-corrected chi connectivity index (χ2v) is 5.70. The molecule has 116 valence electrons. The van der Waals surface area contributed by atoms with Gasteiger partial charge in [-0.15, -0.1) is 0 Å². The van der Waals surface area contributed by atoms with E-state index < -0.39 is 0 Å². The molecular formula is C15H24N4O2. The van der Waals surface area contributed by atoms with E-state index in [4.69, 9.17) is 4.74 Å².